The molecule has 1 aliphatic heterocycles. The van der Waals surface area contributed by atoms with E-state index in [1.54, 1.807) is 18.0 Å². The molecule has 1 saturated heterocycles. The van der Waals surface area contributed by atoms with Crippen molar-refractivity contribution in [1.29, 1.82) is 0 Å². The maximum Gasteiger partial charge on any atom is 0.287 e. The molecule has 1 heterocycles. The molecule has 0 bridgehead atoms. The van der Waals surface area contributed by atoms with E-state index >= 15 is 0 Å². The maximum absolute atomic E-state index is 12.2. The predicted octanol–water partition coefficient (Wildman–Crippen LogP) is 3.23. The molecule has 3 rings (SSSR count). The minimum atomic E-state index is -2.57. The minimum absolute atomic E-state index is 0.0569. The Morgan fingerprint density at radius 2 is 1.44 bits per heavy atom. The summed E-state index contributed by atoms with van der Waals surface area (Å²) in [6.07, 6.45) is 3.85. The molecule has 0 aromatic heterocycles. The second-order valence-corrected chi connectivity index (χ2v) is 15.5. The first-order valence-corrected chi connectivity index (χ1v) is 13.9. The first-order chi connectivity index (χ1) is 12.7. The standard InChI is InChI=1S/C21H29NO2S2Si/c1-20(2,3)27(18-12-8-6-9-13-18,19-14-10-7-11-15-19)24-22-16-21(17-22,25-4)26(5)23/h6-15H,16-17H2,1-5H3. The number of rotatable bonds is 6. The van der Waals surface area contributed by atoms with Crippen molar-refractivity contribution < 1.29 is 8.74 Å². The van der Waals surface area contributed by atoms with E-state index in [-0.39, 0.29) is 9.12 Å². The fourth-order valence-corrected chi connectivity index (χ4v) is 10.3. The van der Waals surface area contributed by atoms with Gasteiger partial charge in [-0.1, -0.05) is 81.4 Å². The molecule has 146 valence electrons. The molecule has 0 spiro atoms. The fraction of sp³-hybridized carbons (Fsp3) is 0.429. The van der Waals surface area contributed by atoms with Crippen molar-refractivity contribution in [2.75, 3.05) is 25.6 Å². The molecular formula is C21H29NO2S2Si. The van der Waals surface area contributed by atoms with E-state index in [4.69, 9.17) is 4.53 Å². The van der Waals surface area contributed by atoms with Gasteiger partial charge in [0, 0.05) is 17.1 Å². The Bertz CT molecular complexity index is 747. The number of thioether (sulfide) groups is 1. The van der Waals surface area contributed by atoms with Gasteiger partial charge in [0.25, 0.3) is 8.32 Å². The van der Waals surface area contributed by atoms with Gasteiger partial charge in [0.15, 0.2) is 0 Å². The summed E-state index contributed by atoms with van der Waals surface area (Å²) in [5, 5.41) is 4.53. The third-order valence-electron chi connectivity index (χ3n) is 5.41. The lowest BCUT2D eigenvalue weighted by Gasteiger charge is -2.53. The Kier molecular flexibility index (Phi) is 6.04. The van der Waals surface area contributed by atoms with Crippen molar-refractivity contribution >= 4 is 41.3 Å². The summed E-state index contributed by atoms with van der Waals surface area (Å²) < 4.78 is 19.0. The van der Waals surface area contributed by atoms with Crippen molar-refractivity contribution in [3.63, 3.8) is 0 Å². The molecule has 1 atom stereocenters. The van der Waals surface area contributed by atoms with Crippen LogP contribution >= 0.6 is 11.8 Å². The van der Waals surface area contributed by atoms with E-state index < -0.39 is 19.1 Å². The van der Waals surface area contributed by atoms with Crippen molar-refractivity contribution in [1.82, 2.24) is 5.06 Å². The molecule has 3 nitrogen and oxygen atoms in total. The van der Waals surface area contributed by atoms with Crippen LogP contribution in [0.4, 0.5) is 0 Å². The van der Waals surface area contributed by atoms with Crippen molar-refractivity contribution in [3.8, 4) is 0 Å². The zero-order valence-electron chi connectivity index (χ0n) is 16.8. The molecule has 2 aromatic carbocycles. The lowest BCUT2D eigenvalue weighted by molar-refractivity contribution is -0.120. The molecule has 0 radical (unpaired) electrons. The van der Waals surface area contributed by atoms with Crippen LogP contribution in [0.25, 0.3) is 0 Å². The van der Waals surface area contributed by atoms with Gasteiger partial charge >= 0.3 is 0 Å². The summed E-state index contributed by atoms with van der Waals surface area (Å²) in [6, 6.07) is 21.3. The molecule has 0 aliphatic carbocycles. The zero-order valence-corrected chi connectivity index (χ0v) is 19.4. The van der Waals surface area contributed by atoms with Gasteiger partial charge in [0.05, 0.1) is 13.1 Å². The molecule has 27 heavy (non-hydrogen) atoms. The van der Waals surface area contributed by atoms with Gasteiger partial charge in [-0.3, -0.25) is 4.21 Å². The third kappa shape index (κ3) is 3.70. The van der Waals surface area contributed by atoms with Crippen molar-refractivity contribution in [2.24, 2.45) is 0 Å². The van der Waals surface area contributed by atoms with Crippen LogP contribution in [0.15, 0.2) is 60.7 Å². The highest BCUT2D eigenvalue weighted by Gasteiger charge is 2.56. The topological polar surface area (TPSA) is 29.5 Å². The van der Waals surface area contributed by atoms with Crippen LogP contribution in [-0.4, -0.2) is 47.3 Å². The molecule has 1 unspecified atom stereocenters. The highest BCUT2D eigenvalue weighted by Crippen LogP contribution is 2.42. The molecule has 2 aromatic rings. The smallest absolute Gasteiger partial charge is 0.287 e. The summed E-state index contributed by atoms with van der Waals surface area (Å²) in [5.41, 5.74) is 0. The zero-order chi connectivity index (χ0) is 19.7. The first-order valence-electron chi connectivity index (χ1n) is 9.19. The lowest BCUT2D eigenvalue weighted by atomic mass is 10.2. The highest BCUT2D eigenvalue weighted by atomic mass is 32.2. The number of hydrogen-bond donors (Lipinski definition) is 0. The van der Waals surface area contributed by atoms with Crippen LogP contribution in [-0.2, 0) is 15.3 Å². The monoisotopic (exact) mass is 419 g/mol. The van der Waals surface area contributed by atoms with Crippen LogP contribution < -0.4 is 10.4 Å². The third-order valence-corrected chi connectivity index (χ3v) is 13.9. The van der Waals surface area contributed by atoms with Crippen molar-refractivity contribution in [3.05, 3.63) is 60.7 Å². The summed E-state index contributed by atoms with van der Waals surface area (Å²) in [6.45, 7) is 8.22. The Hall–Kier alpha value is -0.923. The number of nitrogens with zero attached hydrogens (tertiary/aromatic N) is 1. The number of hydroxylamine groups is 2. The quantitative estimate of drug-likeness (QED) is 0.673. The largest absolute Gasteiger partial charge is 0.331 e. The SMILES string of the molecule is CSC1(S(C)=O)CN(O[Si](c2ccccc2)(c2ccccc2)C(C)(C)C)C1. The van der Waals surface area contributed by atoms with Crippen molar-refractivity contribution in [2.45, 2.75) is 29.9 Å². The molecule has 0 saturated carbocycles. The van der Waals surface area contributed by atoms with Gasteiger partial charge in [-0.25, -0.2) is 0 Å². The van der Waals surface area contributed by atoms with Crippen LogP contribution in [0.2, 0.25) is 5.04 Å². The molecule has 1 fully saturated rings. The van der Waals surface area contributed by atoms with E-state index in [1.807, 2.05) is 6.26 Å². The van der Waals surface area contributed by atoms with Gasteiger partial charge in [-0.05, 0) is 21.7 Å². The van der Waals surface area contributed by atoms with E-state index in [1.165, 1.54) is 10.4 Å². The van der Waals surface area contributed by atoms with Gasteiger partial charge < -0.3 is 4.53 Å². The van der Waals surface area contributed by atoms with Gasteiger partial charge in [0.1, 0.15) is 4.08 Å². The minimum Gasteiger partial charge on any atom is -0.331 e. The summed E-state index contributed by atoms with van der Waals surface area (Å²) in [7, 11) is -3.46. The van der Waals surface area contributed by atoms with E-state index in [2.05, 4.69) is 86.5 Å². The molecule has 1 aliphatic rings. The van der Waals surface area contributed by atoms with E-state index in [0.717, 1.165) is 0 Å². The second-order valence-electron chi connectivity index (χ2n) is 8.12. The molecule has 6 heteroatoms. The highest BCUT2D eigenvalue weighted by molar-refractivity contribution is 8.12. The van der Waals surface area contributed by atoms with Crippen LogP contribution in [0.1, 0.15) is 20.8 Å². The Labute approximate surface area is 171 Å². The fourth-order valence-electron chi connectivity index (χ4n) is 3.80. The Balaban J connectivity index is 2.05. The summed E-state index contributed by atoms with van der Waals surface area (Å²) in [4.78, 5) is 0. The van der Waals surface area contributed by atoms with Crippen LogP contribution in [0, 0.1) is 0 Å². The van der Waals surface area contributed by atoms with E-state index in [0.29, 0.717) is 13.1 Å². The van der Waals surface area contributed by atoms with Gasteiger partial charge in [-0.15, -0.1) is 11.8 Å². The van der Waals surface area contributed by atoms with E-state index in [9.17, 15) is 4.21 Å². The van der Waals surface area contributed by atoms with Crippen LogP contribution in [0.3, 0.4) is 0 Å². The second kappa shape index (κ2) is 7.83. The predicted molar refractivity (Wildman–Crippen MR) is 121 cm³/mol. The maximum atomic E-state index is 12.2. The average molecular weight is 420 g/mol. The van der Waals surface area contributed by atoms with Crippen LogP contribution in [0.5, 0.6) is 0 Å². The Morgan fingerprint density at radius 1 is 1.00 bits per heavy atom. The average Bonchev–Trinajstić information content (AvgIpc) is 2.61. The lowest BCUT2D eigenvalue weighted by Crippen LogP contribution is -2.73. The summed E-state index contributed by atoms with van der Waals surface area (Å²) in [5.74, 6) is 0. The van der Waals surface area contributed by atoms with Gasteiger partial charge in [0.2, 0.25) is 0 Å². The number of hydrogen-bond acceptors (Lipinski definition) is 4. The normalized spacial score (nSPS) is 18.7. The van der Waals surface area contributed by atoms with Gasteiger partial charge in [-0.2, -0.15) is 5.06 Å². The molecule has 0 amide bonds. The molecular weight excluding hydrogens is 390 g/mol. The number of benzene rings is 2. The Morgan fingerprint density at radius 3 is 1.78 bits per heavy atom. The summed E-state index contributed by atoms with van der Waals surface area (Å²) >= 11 is 1.69. The molecule has 0 N–H and O–H groups in total. The first kappa shape index (κ1) is 20.8.